The van der Waals surface area contributed by atoms with Crippen molar-refractivity contribution in [2.75, 3.05) is 10.8 Å². The van der Waals surface area contributed by atoms with Gasteiger partial charge >= 0.3 is 6.18 Å². The van der Waals surface area contributed by atoms with Crippen LogP contribution in [0.4, 0.5) is 17.6 Å². The second-order valence-electron chi connectivity index (χ2n) is 6.39. The fourth-order valence-corrected chi connectivity index (χ4v) is 3.69. The van der Waals surface area contributed by atoms with Gasteiger partial charge in [-0.1, -0.05) is 30.0 Å². The Bertz CT molecular complexity index is 1070. The number of alkyl halides is 3. The molecule has 156 valence electrons. The van der Waals surface area contributed by atoms with Gasteiger partial charge in [0, 0.05) is 6.07 Å². The molecule has 0 aliphatic carbocycles. The van der Waals surface area contributed by atoms with Crippen molar-refractivity contribution in [3.63, 3.8) is 0 Å². The maximum atomic E-state index is 13.3. The van der Waals surface area contributed by atoms with E-state index < -0.39 is 17.6 Å². The number of carbonyl (C=O) groups excluding carboxylic acids is 1. The molecule has 0 fully saturated rings. The zero-order valence-corrected chi connectivity index (χ0v) is 16.1. The van der Waals surface area contributed by atoms with Crippen LogP contribution in [0.5, 0.6) is 5.75 Å². The molecule has 4 rings (SSSR count). The Morgan fingerprint density at radius 3 is 2.57 bits per heavy atom. The molecule has 0 atom stereocenters. The molecule has 0 unspecified atom stereocenters. The Morgan fingerprint density at radius 2 is 1.87 bits per heavy atom. The maximum Gasteiger partial charge on any atom is 0.416 e. The summed E-state index contributed by atoms with van der Waals surface area (Å²) >= 11 is 1.20. The molecule has 0 saturated heterocycles. The fourth-order valence-electron chi connectivity index (χ4n) is 2.87. The quantitative estimate of drug-likeness (QED) is 0.568. The minimum atomic E-state index is -4.43. The molecule has 0 saturated carbocycles. The summed E-state index contributed by atoms with van der Waals surface area (Å²) in [5, 5.41) is 9.89. The number of hydrogen-bond acceptors (Lipinski definition) is 5. The Hall–Kier alpha value is -3.08. The van der Waals surface area contributed by atoms with Crippen molar-refractivity contribution >= 4 is 17.7 Å². The lowest BCUT2D eigenvalue weighted by Crippen LogP contribution is -2.45. The first-order valence-corrected chi connectivity index (χ1v) is 9.72. The minimum Gasteiger partial charge on any atom is -0.485 e. The van der Waals surface area contributed by atoms with Crippen molar-refractivity contribution in [3.05, 3.63) is 71.3 Å². The van der Waals surface area contributed by atoms with E-state index in [2.05, 4.69) is 10.2 Å². The molecule has 1 aliphatic rings. The lowest BCUT2D eigenvalue weighted by Gasteiger charge is -2.29. The molecular formula is C19H14F4N4O2S. The Labute approximate surface area is 172 Å². The van der Waals surface area contributed by atoms with Gasteiger partial charge in [0.1, 0.15) is 18.2 Å². The number of thioether (sulfide) groups is 1. The van der Waals surface area contributed by atoms with E-state index in [1.807, 2.05) is 0 Å². The average molecular weight is 438 g/mol. The van der Waals surface area contributed by atoms with E-state index in [1.54, 1.807) is 6.07 Å². The van der Waals surface area contributed by atoms with Crippen LogP contribution in [0.2, 0.25) is 0 Å². The van der Waals surface area contributed by atoms with E-state index in [0.717, 1.165) is 12.1 Å². The Balaban J connectivity index is 1.56. The predicted molar refractivity (Wildman–Crippen MR) is 99.9 cm³/mol. The van der Waals surface area contributed by atoms with Gasteiger partial charge < -0.3 is 4.74 Å². The van der Waals surface area contributed by atoms with Crippen molar-refractivity contribution in [2.45, 2.75) is 24.5 Å². The molecule has 0 radical (unpaired) electrons. The van der Waals surface area contributed by atoms with Crippen molar-refractivity contribution in [2.24, 2.45) is 0 Å². The lowest BCUT2D eigenvalue weighted by atomic mass is 10.1. The topological polar surface area (TPSA) is 60.2 Å². The summed E-state index contributed by atoms with van der Waals surface area (Å²) in [4.78, 5) is 12.5. The van der Waals surface area contributed by atoms with E-state index in [-0.39, 0.29) is 30.6 Å². The van der Waals surface area contributed by atoms with Gasteiger partial charge in [0.15, 0.2) is 5.82 Å². The van der Waals surface area contributed by atoms with Crippen LogP contribution in [0.1, 0.15) is 17.0 Å². The number of hydrogen-bond donors (Lipinski definition) is 0. The number of aromatic nitrogens is 3. The average Bonchev–Trinajstić information content (AvgIpc) is 3.12. The minimum absolute atomic E-state index is 0.0372. The van der Waals surface area contributed by atoms with Crippen LogP contribution in [-0.4, -0.2) is 26.5 Å². The summed E-state index contributed by atoms with van der Waals surface area (Å²) in [6, 6.07) is 10.2. The number of amides is 1. The number of ether oxygens (including phenoxy) is 1. The molecule has 1 amide bonds. The summed E-state index contributed by atoms with van der Waals surface area (Å²) in [5.41, 5.74) is -0.249. The van der Waals surface area contributed by atoms with Crippen molar-refractivity contribution in [1.82, 2.24) is 14.9 Å². The molecule has 0 bridgehead atoms. The highest BCUT2D eigenvalue weighted by Crippen LogP contribution is 2.30. The van der Waals surface area contributed by atoms with Crippen LogP contribution < -0.4 is 9.75 Å². The fraction of sp³-hybridized carbons (Fsp3) is 0.211. The van der Waals surface area contributed by atoms with Gasteiger partial charge in [-0.3, -0.25) is 4.79 Å². The molecule has 0 spiro atoms. The second kappa shape index (κ2) is 7.98. The molecule has 1 aromatic heterocycles. The zero-order chi connectivity index (χ0) is 21.3. The van der Waals surface area contributed by atoms with Gasteiger partial charge in [0.25, 0.3) is 5.91 Å². The molecule has 1 aliphatic heterocycles. The standard InChI is InChI=1S/C19H14F4N4O2S/c20-14-2-1-3-15(8-14)29-10-16-24-25-18-27(16)26(17(28)11-30-18)9-12-4-6-13(7-5-12)19(21,22)23/h1-8H,9-11H2. The number of benzene rings is 2. The molecule has 30 heavy (non-hydrogen) atoms. The molecule has 0 N–H and O–H groups in total. The van der Waals surface area contributed by atoms with E-state index in [9.17, 15) is 22.4 Å². The highest BCUT2D eigenvalue weighted by molar-refractivity contribution is 7.99. The number of nitrogens with zero attached hydrogens (tertiary/aromatic N) is 4. The maximum absolute atomic E-state index is 13.3. The number of fused-ring (bicyclic) bond motifs is 1. The lowest BCUT2D eigenvalue weighted by molar-refractivity contribution is -0.137. The van der Waals surface area contributed by atoms with Gasteiger partial charge in [0.2, 0.25) is 5.16 Å². The highest BCUT2D eigenvalue weighted by atomic mass is 32.2. The van der Waals surface area contributed by atoms with E-state index in [1.165, 1.54) is 51.8 Å². The first-order chi connectivity index (χ1) is 14.3. The Kier molecular flexibility index (Phi) is 5.37. The zero-order valence-electron chi connectivity index (χ0n) is 15.3. The van der Waals surface area contributed by atoms with Crippen LogP contribution >= 0.6 is 11.8 Å². The van der Waals surface area contributed by atoms with Gasteiger partial charge in [-0.2, -0.15) is 13.2 Å². The van der Waals surface area contributed by atoms with Crippen LogP contribution in [0.15, 0.2) is 53.7 Å². The second-order valence-corrected chi connectivity index (χ2v) is 7.33. The monoisotopic (exact) mass is 438 g/mol. The SMILES string of the molecule is O=C1CSc2nnc(COc3cccc(F)c3)n2N1Cc1ccc(C(F)(F)F)cc1. The van der Waals surface area contributed by atoms with Crippen LogP contribution in [0, 0.1) is 5.82 Å². The van der Waals surface area contributed by atoms with Gasteiger partial charge in [-0.05, 0) is 29.8 Å². The van der Waals surface area contributed by atoms with Crippen LogP contribution in [0.25, 0.3) is 0 Å². The molecule has 6 nitrogen and oxygen atoms in total. The summed E-state index contributed by atoms with van der Waals surface area (Å²) < 4.78 is 58.7. The van der Waals surface area contributed by atoms with Gasteiger partial charge in [-0.15, -0.1) is 10.2 Å². The van der Waals surface area contributed by atoms with Gasteiger partial charge in [0.05, 0.1) is 17.9 Å². The van der Waals surface area contributed by atoms with E-state index in [0.29, 0.717) is 16.5 Å². The predicted octanol–water partition coefficient (Wildman–Crippen LogP) is 3.79. The van der Waals surface area contributed by atoms with Crippen molar-refractivity contribution < 1.29 is 27.1 Å². The molecule has 11 heteroatoms. The largest absolute Gasteiger partial charge is 0.485 e. The van der Waals surface area contributed by atoms with Crippen LogP contribution in [0.3, 0.4) is 0 Å². The van der Waals surface area contributed by atoms with Crippen molar-refractivity contribution in [3.8, 4) is 5.75 Å². The normalized spacial score (nSPS) is 14.0. The van der Waals surface area contributed by atoms with E-state index >= 15 is 0 Å². The third-order valence-corrected chi connectivity index (χ3v) is 5.21. The third kappa shape index (κ3) is 4.25. The number of rotatable bonds is 5. The summed E-state index contributed by atoms with van der Waals surface area (Å²) in [7, 11) is 0. The summed E-state index contributed by atoms with van der Waals surface area (Å²) in [5.74, 6) is 0.0200. The summed E-state index contributed by atoms with van der Waals surface area (Å²) in [6.45, 7) is -0.0384. The third-order valence-electron chi connectivity index (χ3n) is 4.31. The highest BCUT2D eigenvalue weighted by Gasteiger charge is 2.31. The molecular weight excluding hydrogens is 424 g/mol. The first kappa shape index (κ1) is 20.2. The molecule has 3 aromatic rings. The van der Waals surface area contributed by atoms with Gasteiger partial charge in [-0.25, -0.2) is 14.1 Å². The molecule has 2 aromatic carbocycles. The van der Waals surface area contributed by atoms with E-state index in [4.69, 9.17) is 4.74 Å². The van der Waals surface area contributed by atoms with Crippen LogP contribution in [-0.2, 0) is 24.1 Å². The molecule has 2 heterocycles. The first-order valence-electron chi connectivity index (χ1n) is 8.73. The summed E-state index contributed by atoms with van der Waals surface area (Å²) in [6.07, 6.45) is -4.43. The number of halogens is 4. The smallest absolute Gasteiger partial charge is 0.416 e. The number of carbonyl (C=O) groups is 1. The Morgan fingerprint density at radius 1 is 1.10 bits per heavy atom. The van der Waals surface area contributed by atoms with Crippen molar-refractivity contribution in [1.29, 1.82) is 0 Å².